The first kappa shape index (κ1) is 15.7. The van der Waals surface area contributed by atoms with Crippen LogP contribution in [0.25, 0.3) is 0 Å². The largest absolute Gasteiger partial charge is 0.368 e. The van der Waals surface area contributed by atoms with Crippen LogP contribution in [0.5, 0.6) is 0 Å². The molecule has 1 aliphatic rings. The fraction of sp³-hybridized carbons (Fsp3) is 0.786. The molecule has 1 saturated carbocycles. The van der Waals surface area contributed by atoms with Crippen LogP contribution in [0.1, 0.15) is 58.3 Å². The Labute approximate surface area is 114 Å². The summed E-state index contributed by atoms with van der Waals surface area (Å²) in [6.07, 6.45) is 6.04. The van der Waals surface area contributed by atoms with Crippen LogP contribution in [0.2, 0.25) is 0 Å². The molecule has 1 atom stereocenters. The Morgan fingerprint density at radius 3 is 2.42 bits per heavy atom. The molecule has 0 aromatic rings. The molecule has 0 heterocycles. The van der Waals surface area contributed by atoms with E-state index in [1.54, 1.807) is 6.92 Å². The Morgan fingerprint density at radius 2 is 1.89 bits per heavy atom. The van der Waals surface area contributed by atoms with Crippen LogP contribution in [-0.4, -0.2) is 23.6 Å². The molecule has 19 heavy (non-hydrogen) atoms. The van der Waals surface area contributed by atoms with Gasteiger partial charge in [0.15, 0.2) is 0 Å². The number of ketones is 1. The van der Waals surface area contributed by atoms with Gasteiger partial charge in [0, 0.05) is 19.3 Å². The van der Waals surface area contributed by atoms with Crippen LogP contribution < -0.4 is 11.1 Å². The van der Waals surface area contributed by atoms with Gasteiger partial charge in [-0.25, -0.2) is 0 Å². The summed E-state index contributed by atoms with van der Waals surface area (Å²) in [5.74, 6) is -0.176. The number of carbonyl (C=O) groups is 3. The number of carbonyl (C=O) groups excluding carboxylic acids is 3. The first-order valence-corrected chi connectivity index (χ1v) is 7.13. The number of hydrogen-bond donors (Lipinski definition) is 2. The van der Waals surface area contributed by atoms with Crippen molar-refractivity contribution in [2.45, 2.75) is 64.3 Å². The van der Waals surface area contributed by atoms with E-state index in [0.717, 1.165) is 12.8 Å². The second-order valence-electron chi connectivity index (χ2n) is 5.31. The second kappa shape index (κ2) is 7.92. The highest BCUT2D eigenvalue weighted by Gasteiger charge is 2.22. The molecule has 0 radical (unpaired) electrons. The fourth-order valence-corrected chi connectivity index (χ4v) is 2.50. The predicted octanol–water partition coefficient (Wildman–Crippen LogP) is 1.30. The summed E-state index contributed by atoms with van der Waals surface area (Å²) in [6.45, 7) is 1.78. The monoisotopic (exact) mass is 268 g/mol. The molecule has 0 spiro atoms. The van der Waals surface area contributed by atoms with Crippen LogP contribution in [0, 0.1) is 5.92 Å². The number of nitrogens with two attached hydrogens (primary N) is 1. The highest BCUT2D eigenvalue weighted by Crippen LogP contribution is 2.27. The average Bonchev–Trinajstić information content (AvgIpc) is 2.86. The lowest BCUT2D eigenvalue weighted by Gasteiger charge is -2.16. The smallest absolute Gasteiger partial charge is 0.240 e. The molecule has 0 aromatic heterocycles. The van der Waals surface area contributed by atoms with Crippen molar-refractivity contribution in [3.63, 3.8) is 0 Å². The van der Waals surface area contributed by atoms with Crippen molar-refractivity contribution >= 4 is 17.6 Å². The van der Waals surface area contributed by atoms with Crippen molar-refractivity contribution in [2.24, 2.45) is 11.7 Å². The van der Waals surface area contributed by atoms with Gasteiger partial charge in [-0.2, -0.15) is 0 Å². The predicted molar refractivity (Wildman–Crippen MR) is 72.2 cm³/mol. The summed E-state index contributed by atoms with van der Waals surface area (Å²) >= 11 is 0. The highest BCUT2D eigenvalue weighted by atomic mass is 16.2. The van der Waals surface area contributed by atoms with Crippen LogP contribution in [-0.2, 0) is 14.4 Å². The van der Waals surface area contributed by atoms with E-state index in [2.05, 4.69) is 5.32 Å². The van der Waals surface area contributed by atoms with Crippen LogP contribution >= 0.6 is 0 Å². The van der Waals surface area contributed by atoms with Gasteiger partial charge in [0.25, 0.3) is 0 Å². The molecule has 3 N–H and O–H groups in total. The number of primary amides is 1. The fourth-order valence-electron chi connectivity index (χ4n) is 2.50. The molecule has 2 amide bonds. The van der Waals surface area contributed by atoms with Gasteiger partial charge in [-0.15, -0.1) is 0 Å². The third-order valence-corrected chi connectivity index (χ3v) is 3.73. The van der Waals surface area contributed by atoms with E-state index < -0.39 is 11.9 Å². The molecule has 0 aromatic carbocycles. The Morgan fingerprint density at radius 1 is 1.26 bits per heavy atom. The lowest BCUT2D eigenvalue weighted by molar-refractivity contribution is -0.128. The normalized spacial score (nSPS) is 17.1. The Bertz CT molecular complexity index is 336. The first-order valence-electron chi connectivity index (χ1n) is 7.13. The molecule has 0 bridgehead atoms. The molecule has 5 nitrogen and oxygen atoms in total. The first-order chi connectivity index (χ1) is 9.02. The summed E-state index contributed by atoms with van der Waals surface area (Å²) in [6, 6.07) is -0.718. The molecule has 1 fully saturated rings. The van der Waals surface area contributed by atoms with E-state index >= 15 is 0 Å². The van der Waals surface area contributed by atoms with E-state index in [9.17, 15) is 14.4 Å². The quantitative estimate of drug-likeness (QED) is 0.695. The summed E-state index contributed by atoms with van der Waals surface area (Å²) in [7, 11) is 0. The van der Waals surface area contributed by atoms with E-state index in [1.807, 2.05) is 0 Å². The number of amides is 2. The van der Waals surface area contributed by atoms with Crippen molar-refractivity contribution in [3.05, 3.63) is 0 Å². The lowest BCUT2D eigenvalue weighted by Crippen LogP contribution is -2.45. The van der Waals surface area contributed by atoms with Crippen molar-refractivity contribution in [3.8, 4) is 0 Å². The average molecular weight is 268 g/mol. The number of hydrogen-bond acceptors (Lipinski definition) is 3. The van der Waals surface area contributed by atoms with E-state index in [-0.39, 0.29) is 18.1 Å². The van der Waals surface area contributed by atoms with Gasteiger partial charge in [-0.1, -0.05) is 19.8 Å². The van der Waals surface area contributed by atoms with Gasteiger partial charge >= 0.3 is 0 Å². The third kappa shape index (κ3) is 5.85. The molecule has 5 heteroatoms. The lowest BCUT2D eigenvalue weighted by atomic mass is 10.0. The van der Waals surface area contributed by atoms with E-state index in [4.69, 9.17) is 5.73 Å². The summed E-state index contributed by atoms with van der Waals surface area (Å²) < 4.78 is 0. The number of Topliss-reactive ketones (excluding diaryl/α,β-unsaturated/α-hetero) is 1. The van der Waals surface area contributed by atoms with Gasteiger partial charge in [0.2, 0.25) is 11.8 Å². The molecule has 0 unspecified atom stereocenters. The molecule has 0 aliphatic heterocycles. The van der Waals surface area contributed by atoms with Gasteiger partial charge in [0.05, 0.1) is 0 Å². The maximum Gasteiger partial charge on any atom is 0.240 e. The summed E-state index contributed by atoms with van der Waals surface area (Å²) in [4.78, 5) is 34.3. The molecule has 108 valence electrons. The SMILES string of the molecule is CCC(=O)CC[C@H](NC(=O)CC1CCCC1)C(N)=O. The van der Waals surface area contributed by atoms with E-state index in [0.29, 0.717) is 25.2 Å². The van der Waals surface area contributed by atoms with Crippen molar-refractivity contribution in [2.75, 3.05) is 0 Å². The number of rotatable bonds is 8. The minimum atomic E-state index is -0.718. The zero-order valence-corrected chi connectivity index (χ0v) is 11.6. The molecule has 1 aliphatic carbocycles. The van der Waals surface area contributed by atoms with E-state index in [1.165, 1.54) is 12.8 Å². The minimum Gasteiger partial charge on any atom is -0.368 e. The van der Waals surface area contributed by atoms with Crippen LogP contribution in [0.15, 0.2) is 0 Å². The van der Waals surface area contributed by atoms with Crippen LogP contribution in [0.3, 0.4) is 0 Å². The Balaban J connectivity index is 2.36. The maximum atomic E-state index is 11.8. The molecular formula is C14H24N2O3. The maximum absolute atomic E-state index is 11.8. The zero-order valence-electron chi connectivity index (χ0n) is 11.6. The van der Waals surface area contributed by atoms with Gasteiger partial charge in [-0.05, 0) is 25.2 Å². The van der Waals surface area contributed by atoms with Gasteiger partial charge in [0.1, 0.15) is 11.8 Å². The van der Waals surface area contributed by atoms with Crippen molar-refractivity contribution < 1.29 is 14.4 Å². The Hall–Kier alpha value is -1.39. The molecule has 1 rings (SSSR count). The van der Waals surface area contributed by atoms with Crippen molar-refractivity contribution in [1.29, 1.82) is 0 Å². The van der Waals surface area contributed by atoms with Gasteiger partial charge in [-0.3, -0.25) is 14.4 Å². The minimum absolute atomic E-state index is 0.0799. The topological polar surface area (TPSA) is 89.3 Å². The summed E-state index contributed by atoms with van der Waals surface area (Å²) in [5.41, 5.74) is 5.26. The third-order valence-electron chi connectivity index (χ3n) is 3.73. The van der Waals surface area contributed by atoms with Crippen LogP contribution in [0.4, 0.5) is 0 Å². The summed E-state index contributed by atoms with van der Waals surface area (Å²) in [5, 5.41) is 2.66. The molecule has 0 saturated heterocycles. The Kier molecular flexibility index (Phi) is 6.53. The molecular weight excluding hydrogens is 244 g/mol. The second-order valence-corrected chi connectivity index (χ2v) is 5.31. The van der Waals surface area contributed by atoms with Gasteiger partial charge < -0.3 is 11.1 Å². The van der Waals surface area contributed by atoms with Crippen molar-refractivity contribution in [1.82, 2.24) is 5.32 Å². The number of nitrogens with one attached hydrogen (secondary N) is 1. The zero-order chi connectivity index (χ0) is 14.3. The standard InChI is InChI=1S/C14H24N2O3/c1-2-11(17)7-8-12(14(15)19)16-13(18)9-10-5-3-4-6-10/h10,12H,2-9H2,1H3,(H2,15,19)(H,16,18)/t12-/m0/s1. The highest BCUT2D eigenvalue weighted by molar-refractivity contribution is 5.87.